The van der Waals surface area contributed by atoms with E-state index in [1.807, 2.05) is 13.8 Å². The fourth-order valence-electron chi connectivity index (χ4n) is 1.39. The Kier molecular flexibility index (Phi) is 3.66. The lowest BCUT2D eigenvalue weighted by Gasteiger charge is -2.03. The van der Waals surface area contributed by atoms with Gasteiger partial charge in [0.05, 0.1) is 12.1 Å². The Morgan fingerprint density at radius 3 is 2.78 bits per heavy atom. The zero-order chi connectivity index (χ0) is 13.1. The fourth-order valence-corrected chi connectivity index (χ4v) is 1.39. The molecule has 1 N–H and O–H groups in total. The molecule has 2 aromatic rings. The van der Waals surface area contributed by atoms with Crippen molar-refractivity contribution >= 4 is 0 Å². The maximum Gasteiger partial charge on any atom is 0.250 e. The van der Waals surface area contributed by atoms with Crippen LogP contribution in [-0.2, 0) is 6.54 Å². The molecule has 2 rings (SSSR count). The van der Waals surface area contributed by atoms with Crippen molar-refractivity contribution in [3.05, 3.63) is 35.7 Å². The van der Waals surface area contributed by atoms with Gasteiger partial charge in [0, 0.05) is 6.04 Å². The summed E-state index contributed by atoms with van der Waals surface area (Å²) >= 11 is 0. The Balaban J connectivity index is 2.21. The summed E-state index contributed by atoms with van der Waals surface area (Å²) in [4.78, 5) is 0. The first kappa shape index (κ1) is 12.6. The van der Waals surface area contributed by atoms with Crippen LogP contribution in [0.3, 0.4) is 0 Å². The molecule has 0 radical (unpaired) electrons. The number of hydrogen-bond donors (Lipinski definition) is 1. The van der Waals surface area contributed by atoms with Gasteiger partial charge in [0.15, 0.2) is 11.6 Å². The van der Waals surface area contributed by atoms with Crippen LogP contribution in [0, 0.1) is 11.6 Å². The quantitative estimate of drug-likeness (QED) is 0.909. The second-order valence-corrected chi connectivity index (χ2v) is 4.14. The van der Waals surface area contributed by atoms with E-state index in [1.54, 1.807) is 0 Å². The van der Waals surface area contributed by atoms with Crippen molar-refractivity contribution in [3.8, 4) is 11.5 Å². The first-order valence-electron chi connectivity index (χ1n) is 5.58. The summed E-state index contributed by atoms with van der Waals surface area (Å²) in [6.07, 6.45) is 0. The lowest BCUT2D eigenvalue weighted by atomic mass is 10.2. The van der Waals surface area contributed by atoms with Crippen LogP contribution in [0.1, 0.15) is 19.7 Å². The van der Waals surface area contributed by atoms with Crippen molar-refractivity contribution in [3.63, 3.8) is 0 Å². The van der Waals surface area contributed by atoms with E-state index in [-0.39, 0.29) is 17.5 Å². The molecule has 18 heavy (non-hydrogen) atoms. The van der Waals surface area contributed by atoms with Gasteiger partial charge in [-0.1, -0.05) is 19.9 Å². The minimum Gasteiger partial charge on any atom is -0.419 e. The van der Waals surface area contributed by atoms with Gasteiger partial charge in [-0.3, -0.25) is 0 Å². The highest BCUT2D eigenvalue weighted by Gasteiger charge is 2.15. The largest absolute Gasteiger partial charge is 0.419 e. The summed E-state index contributed by atoms with van der Waals surface area (Å²) in [5.41, 5.74) is -0.0294. The Morgan fingerprint density at radius 2 is 2.06 bits per heavy atom. The molecular formula is C12H13F2N3O. The van der Waals surface area contributed by atoms with Gasteiger partial charge >= 0.3 is 0 Å². The third-order valence-electron chi connectivity index (χ3n) is 2.31. The summed E-state index contributed by atoms with van der Waals surface area (Å²) in [6, 6.07) is 4.10. The summed E-state index contributed by atoms with van der Waals surface area (Å²) < 4.78 is 31.8. The van der Waals surface area contributed by atoms with Crippen molar-refractivity contribution in [2.24, 2.45) is 0 Å². The summed E-state index contributed by atoms with van der Waals surface area (Å²) in [6.45, 7) is 4.34. The highest BCUT2D eigenvalue weighted by atomic mass is 19.2. The zero-order valence-electron chi connectivity index (χ0n) is 10.1. The number of rotatable bonds is 4. The van der Waals surface area contributed by atoms with Crippen LogP contribution < -0.4 is 5.32 Å². The molecule has 0 fully saturated rings. The van der Waals surface area contributed by atoms with Gasteiger partial charge in [0.1, 0.15) is 0 Å². The minimum atomic E-state index is -0.982. The molecule has 0 atom stereocenters. The van der Waals surface area contributed by atoms with Crippen molar-refractivity contribution < 1.29 is 13.2 Å². The molecule has 0 saturated carbocycles. The fraction of sp³-hybridized carbons (Fsp3) is 0.333. The van der Waals surface area contributed by atoms with Gasteiger partial charge in [-0.25, -0.2) is 8.78 Å². The Morgan fingerprint density at radius 1 is 1.28 bits per heavy atom. The number of nitrogens with one attached hydrogen (secondary N) is 1. The summed E-state index contributed by atoms with van der Waals surface area (Å²) in [5.74, 6) is -1.60. The van der Waals surface area contributed by atoms with Crippen LogP contribution in [0.5, 0.6) is 0 Å². The lowest BCUT2D eigenvalue weighted by Crippen LogP contribution is -2.21. The number of benzene rings is 1. The molecule has 0 spiro atoms. The number of halogens is 2. The highest BCUT2D eigenvalue weighted by molar-refractivity contribution is 5.53. The van der Waals surface area contributed by atoms with Gasteiger partial charge < -0.3 is 9.73 Å². The molecule has 6 heteroatoms. The second kappa shape index (κ2) is 5.22. The molecule has 4 nitrogen and oxygen atoms in total. The third-order valence-corrected chi connectivity index (χ3v) is 2.31. The van der Waals surface area contributed by atoms with E-state index < -0.39 is 11.6 Å². The molecule has 0 aliphatic heterocycles. The molecule has 0 unspecified atom stereocenters. The van der Waals surface area contributed by atoms with E-state index in [2.05, 4.69) is 15.5 Å². The van der Waals surface area contributed by atoms with Gasteiger partial charge in [0.25, 0.3) is 5.89 Å². The molecular weight excluding hydrogens is 240 g/mol. The van der Waals surface area contributed by atoms with Crippen LogP contribution in [0.2, 0.25) is 0 Å². The minimum absolute atomic E-state index is 0.0208. The molecule has 0 amide bonds. The van der Waals surface area contributed by atoms with Gasteiger partial charge in [-0.05, 0) is 12.1 Å². The predicted molar refractivity (Wildman–Crippen MR) is 61.6 cm³/mol. The number of hydrogen-bond acceptors (Lipinski definition) is 4. The van der Waals surface area contributed by atoms with E-state index >= 15 is 0 Å². The molecule has 0 saturated heterocycles. The molecule has 1 aromatic heterocycles. The first-order chi connectivity index (χ1) is 8.58. The van der Waals surface area contributed by atoms with Gasteiger partial charge in [0.2, 0.25) is 5.89 Å². The second-order valence-electron chi connectivity index (χ2n) is 4.14. The van der Waals surface area contributed by atoms with Crippen molar-refractivity contribution in [1.29, 1.82) is 0 Å². The topological polar surface area (TPSA) is 51.0 Å². The van der Waals surface area contributed by atoms with E-state index in [0.717, 1.165) is 6.07 Å². The van der Waals surface area contributed by atoms with Crippen LogP contribution in [0.25, 0.3) is 11.5 Å². The van der Waals surface area contributed by atoms with Crippen LogP contribution in [0.15, 0.2) is 22.6 Å². The van der Waals surface area contributed by atoms with Crippen LogP contribution in [-0.4, -0.2) is 16.2 Å². The number of aromatic nitrogens is 2. The van der Waals surface area contributed by atoms with E-state index in [4.69, 9.17) is 4.42 Å². The average Bonchev–Trinajstić information content (AvgIpc) is 2.78. The summed E-state index contributed by atoms with van der Waals surface area (Å²) in [7, 11) is 0. The normalized spacial score (nSPS) is 11.2. The lowest BCUT2D eigenvalue weighted by molar-refractivity contribution is 0.454. The Bertz CT molecular complexity index is 540. The predicted octanol–water partition coefficient (Wildman–Crippen LogP) is 2.51. The third kappa shape index (κ3) is 2.70. The van der Waals surface area contributed by atoms with Gasteiger partial charge in [-0.15, -0.1) is 10.2 Å². The van der Waals surface area contributed by atoms with Gasteiger partial charge in [-0.2, -0.15) is 0 Å². The van der Waals surface area contributed by atoms with E-state index in [0.29, 0.717) is 12.4 Å². The maximum absolute atomic E-state index is 13.5. The van der Waals surface area contributed by atoms with Crippen molar-refractivity contribution in [2.45, 2.75) is 26.4 Å². The highest BCUT2D eigenvalue weighted by Crippen LogP contribution is 2.22. The van der Waals surface area contributed by atoms with Crippen molar-refractivity contribution in [2.75, 3.05) is 0 Å². The Hall–Kier alpha value is -1.82. The smallest absolute Gasteiger partial charge is 0.250 e. The monoisotopic (exact) mass is 253 g/mol. The average molecular weight is 253 g/mol. The molecule has 0 bridgehead atoms. The molecule has 1 aromatic carbocycles. The SMILES string of the molecule is CC(C)NCc1nnc(-c2cccc(F)c2F)o1. The van der Waals surface area contributed by atoms with Crippen LogP contribution >= 0.6 is 0 Å². The molecule has 96 valence electrons. The van der Waals surface area contributed by atoms with Crippen LogP contribution in [0.4, 0.5) is 8.78 Å². The molecule has 0 aliphatic rings. The summed E-state index contributed by atoms with van der Waals surface area (Å²) in [5, 5.41) is 10.6. The van der Waals surface area contributed by atoms with E-state index in [1.165, 1.54) is 12.1 Å². The molecule has 1 heterocycles. The van der Waals surface area contributed by atoms with Crippen molar-refractivity contribution in [1.82, 2.24) is 15.5 Å². The molecule has 0 aliphatic carbocycles. The Labute approximate surface area is 103 Å². The maximum atomic E-state index is 13.5. The first-order valence-corrected chi connectivity index (χ1v) is 5.58. The zero-order valence-corrected chi connectivity index (χ0v) is 10.1. The standard InChI is InChI=1S/C12H13F2N3O/c1-7(2)15-6-10-16-17-12(18-10)8-4-3-5-9(13)11(8)14/h3-5,7,15H,6H2,1-2H3. The van der Waals surface area contributed by atoms with E-state index in [9.17, 15) is 8.78 Å². The number of nitrogens with zero attached hydrogens (tertiary/aromatic N) is 2.